The van der Waals surface area contributed by atoms with Crippen LogP contribution in [-0.4, -0.2) is 48.6 Å². The minimum Gasteiger partial charge on any atom is -0.378 e. The summed E-state index contributed by atoms with van der Waals surface area (Å²) in [4.78, 5) is 24.3. The van der Waals surface area contributed by atoms with Crippen LogP contribution in [0.15, 0.2) is 48.5 Å². The Morgan fingerprint density at radius 1 is 1.03 bits per heavy atom. The number of para-hydroxylation sites is 1. The van der Waals surface area contributed by atoms with Crippen LogP contribution in [0.25, 0.3) is 11.4 Å². The van der Waals surface area contributed by atoms with Crippen molar-refractivity contribution in [2.45, 2.75) is 19.6 Å². The summed E-state index contributed by atoms with van der Waals surface area (Å²) in [5.41, 5.74) is 5.51. The maximum Gasteiger partial charge on any atom is 0.323 e. The summed E-state index contributed by atoms with van der Waals surface area (Å²) in [5, 5.41) is 5.85. The number of hydrogen-bond acceptors (Lipinski definition) is 6. The van der Waals surface area contributed by atoms with Gasteiger partial charge in [0.2, 0.25) is 0 Å². The second-order valence-corrected chi connectivity index (χ2v) is 8.86. The highest BCUT2D eigenvalue weighted by Crippen LogP contribution is 2.25. The molecule has 2 aromatic carbocycles. The number of ether oxygens (including phenoxy) is 1. The molecule has 0 unspecified atom stereocenters. The SMILES string of the molecule is CSCc1cc(N2CCOCC2)nc(-c2ccc(NC(=O)Nc3c(C)cccc3C)cc2)n1. The number of morpholine rings is 1. The molecule has 7 nitrogen and oxygen atoms in total. The number of urea groups is 1. The lowest BCUT2D eigenvalue weighted by molar-refractivity contribution is 0.122. The van der Waals surface area contributed by atoms with Crippen molar-refractivity contribution < 1.29 is 9.53 Å². The third kappa shape index (κ3) is 5.83. The van der Waals surface area contributed by atoms with Gasteiger partial charge >= 0.3 is 6.03 Å². The topological polar surface area (TPSA) is 79.4 Å². The summed E-state index contributed by atoms with van der Waals surface area (Å²) >= 11 is 1.74. The quantitative estimate of drug-likeness (QED) is 0.529. The van der Waals surface area contributed by atoms with Gasteiger partial charge in [0.1, 0.15) is 5.82 Å². The Bertz CT molecular complexity index is 1090. The van der Waals surface area contributed by atoms with Gasteiger partial charge in [-0.1, -0.05) is 18.2 Å². The van der Waals surface area contributed by atoms with Crippen LogP contribution in [0.3, 0.4) is 0 Å². The molecule has 0 bridgehead atoms. The highest BCUT2D eigenvalue weighted by molar-refractivity contribution is 7.97. The maximum absolute atomic E-state index is 12.5. The van der Waals surface area contributed by atoms with E-state index in [-0.39, 0.29) is 6.03 Å². The average molecular weight is 464 g/mol. The lowest BCUT2D eigenvalue weighted by Crippen LogP contribution is -2.37. The molecule has 1 aromatic heterocycles. The van der Waals surface area contributed by atoms with Crippen LogP contribution in [0.2, 0.25) is 0 Å². The molecule has 0 atom stereocenters. The Kier molecular flexibility index (Phi) is 7.47. The van der Waals surface area contributed by atoms with E-state index in [9.17, 15) is 4.79 Å². The normalized spacial score (nSPS) is 13.6. The van der Waals surface area contributed by atoms with Crippen LogP contribution >= 0.6 is 11.8 Å². The van der Waals surface area contributed by atoms with E-state index in [2.05, 4.69) is 27.9 Å². The zero-order valence-electron chi connectivity index (χ0n) is 19.2. The van der Waals surface area contributed by atoms with E-state index < -0.39 is 0 Å². The third-order valence-corrected chi connectivity index (χ3v) is 6.10. The number of carbonyl (C=O) groups excluding carboxylic acids is 1. The molecule has 1 aliphatic rings. The van der Waals surface area contributed by atoms with Gasteiger partial charge in [0.25, 0.3) is 0 Å². The van der Waals surface area contributed by atoms with Crippen molar-refractivity contribution in [2.75, 3.05) is 48.1 Å². The van der Waals surface area contributed by atoms with Crippen molar-refractivity contribution in [3.05, 3.63) is 65.4 Å². The lowest BCUT2D eigenvalue weighted by Gasteiger charge is -2.28. The zero-order valence-corrected chi connectivity index (χ0v) is 20.0. The predicted octanol–water partition coefficient (Wildman–Crippen LogP) is 5.10. The van der Waals surface area contributed by atoms with Crippen LogP contribution in [0.4, 0.5) is 22.0 Å². The molecule has 33 heavy (non-hydrogen) atoms. The number of nitrogens with one attached hydrogen (secondary N) is 2. The molecule has 2 heterocycles. The summed E-state index contributed by atoms with van der Waals surface area (Å²) in [6.45, 7) is 7.03. The molecule has 1 aliphatic heterocycles. The Hall–Kier alpha value is -3.10. The number of carbonyl (C=O) groups is 1. The van der Waals surface area contributed by atoms with E-state index in [0.29, 0.717) is 24.7 Å². The molecule has 2 amide bonds. The molecular weight excluding hydrogens is 434 g/mol. The highest BCUT2D eigenvalue weighted by atomic mass is 32.2. The lowest BCUT2D eigenvalue weighted by atomic mass is 10.1. The van der Waals surface area contributed by atoms with Crippen molar-refractivity contribution in [3.63, 3.8) is 0 Å². The van der Waals surface area contributed by atoms with Crippen molar-refractivity contribution in [2.24, 2.45) is 0 Å². The van der Waals surface area contributed by atoms with Gasteiger partial charge in [-0.15, -0.1) is 0 Å². The largest absolute Gasteiger partial charge is 0.378 e. The van der Waals surface area contributed by atoms with Gasteiger partial charge in [0.15, 0.2) is 5.82 Å². The molecule has 4 rings (SSSR count). The van der Waals surface area contributed by atoms with Crippen molar-refractivity contribution >= 4 is 35.0 Å². The number of hydrogen-bond donors (Lipinski definition) is 2. The number of rotatable bonds is 6. The van der Waals surface area contributed by atoms with Crippen molar-refractivity contribution in [1.29, 1.82) is 0 Å². The molecule has 2 N–H and O–H groups in total. The molecule has 0 aliphatic carbocycles. The van der Waals surface area contributed by atoms with Gasteiger partial charge in [-0.3, -0.25) is 0 Å². The number of thioether (sulfide) groups is 1. The second kappa shape index (κ2) is 10.7. The molecule has 1 fully saturated rings. The fourth-order valence-electron chi connectivity index (χ4n) is 3.78. The minimum absolute atomic E-state index is 0.270. The predicted molar refractivity (Wildman–Crippen MR) is 136 cm³/mol. The van der Waals surface area contributed by atoms with Gasteiger partial charge in [-0.05, 0) is 55.5 Å². The highest BCUT2D eigenvalue weighted by Gasteiger charge is 2.16. The zero-order chi connectivity index (χ0) is 23.2. The Morgan fingerprint density at radius 2 is 1.73 bits per heavy atom. The third-order valence-electron chi connectivity index (χ3n) is 5.51. The fourth-order valence-corrected chi connectivity index (χ4v) is 4.22. The van der Waals surface area contributed by atoms with Gasteiger partial charge in [0.05, 0.1) is 18.9 Å². The molecule has 1 saturated heterocycles. The molecule has 0 saturated carbocycles. The first-order valence-corrected chi connectivity index (χ1v) is 12.4. The smallest absolute Gasteiger partial charge is 0.323 e. The molecule has 172 valence electrons. The second-order valence-electron chi connectivity index (χ2n) is 8.00. The summed E-state index contributed by atoms with van der Waals surface area (Å²) < 4.78 is 5.48. The first-order chi connectivity index (χ1) is 16.0. The van der Waals surface area contributed by atoms with E-state index in [1.807, 2.05) is 56.3 Å². The Balaban J connectivity index is 1.50. The summed E-state index contributed by atoms with van der Waals surface area (Å²) in [5.74, 6) is 2.45. The molecule has 3 aromatic rings. The van der Waals surface area contributed by atoms with E-state index in [1.165, 1.54) is 0 Å². The maximum atomic E-state index is 12.5. The van der Waals surface area contributed by atoms with E-state index in [4.69, 9.17) is 14.7 Å². The van der Waals surface area contributed by atoms with Gasteiger partial charge < -0.3 is 20.3 Å². The Morgan fingerprint density at radius 3 is 2.39 bits per heavy atom. The van der Waals surface area contributed by atoms with Crippen LogP contribution < -0.4 is 15.5 Å². The summed E-state index contributed by atoms with van der Waals surface area (Å²) in [6.07, 6.45) is 2.07. The fraction of sp³-hybridized carbons (Fsp3) is 0.320. The van der Waals surface area contributed by atoms with Crippen molar-refractivity contribution in [3.8, 4) is 11.4 Å². The van der Waals surface area contributed by atoms with Crippen LogP contribution in [0.5, 0.6) is 0 Å². The first kappa shape index (κ1) is 23.1. The van der Waals surface area contributed by atoms with E-state index in [0.717, 1.165) is 52.7 Å². The molecular formula is C25H29N5O2S. The van der Waals surface area contributed by atoms with Gasteiger partial charge in [0, 0.05) is 41.8 Å². The molecule has 0 spiro atoms. The van der Waals surface area contributed by atoms with E-state index in [1.54, 1.807) is 11.8 Å². The summed E-state index contributed by atoms with van der Waals surface area (Å²) in [6, 6.07) is 15.4. The van der Waals surface area contributed by atoms with Crippen LogP contribution in [0, 0.1) is 13.8 Å². The first-order valence-electron chi connectivity index (χ1n) is 11.0. The minimum atomic E-state index is -0.270. The molecule has 8 heteroatoms. The number of amides is 2. The van der Waals surface area contributed by atoms with Crippen molar-refractivity contribution in [1.82, 2.24) is 9.97 Å². The number of nitrogens with zero attached hydrogens (tertiary/aromatic N) is 3. The standard InChI is InChI=1S/C25H29N5O2S/c1-17-5-4-6-18(2)23(17)29-25(31)27-20-9-7-19(8-10-20)24-26-21(16-33-3)15-22(28-24)30-11-13-32-14-12-30/h4-10,15H,11-14,16H2,1-3H3,(H2,27,29,31). The molecule has 0 radical (unpaired) electrons. The summed E-state index contributed by atoms with van der Waals surface area (Å²) in [7, 11) is 0. The number of aromatic nitrogens is 2. The average Bonchev–Trinajstić information content (AvgIpc) is 2.83. The number of benzene rings is 2. The van der Waals surface area contributed by atoms with Crippen LogP contribution in [0.1, 0.15) is 16.8 Å². The van der Waals surface area contributed by atoms with E-state index >= 15 is 0 Å². The van der Waals surface area contributed by atoms with Gasteiger partial charge in [-0.2, -0.15) is 11.8 Å². The number of aryl methyl sites for hydroxylation is 2. The Labute approximate surface area is 199 Å². The monoisotopic (exact) mass is 463 g/mol. The number of anilines is 3. The van der Waals surface area contributed by atoms with Crippen LogP contribution in [-0.2, 0) is 10.5 Å². The van der Waals surface area contributed by atoms with Gasteiger partial charge in [-0.25, -0.2) is 14.8 Å².